The van der Waals surface area contributed by atoms with Crippen LogP contribution in [0.5, 0.6) is 5.75 Å². The summed E-state index contributed by atoms with van der Waals surface area (Å²) in [5.41, 5.74) is 3.02. The second kappa shape index (κ2) is 7.59. The maximum atomic E-state index is 12.4. The van der Waals surface area contributed by atoms with E-state index in [0.717, 1.165) is 25.8 Å². The molecule has 0 unspecified atom stereocenters. The molecule has 2 aromatic rings. The number of carbonyl (C=O) groups is 1. The third-order valence-corrected chi connectivity index (χ3v) is 5.48. The fourth-order valence-electron chi connectivity index (χ4n) is 3.17. The Bertz CT molecular complexity index is 985. The Balaban J connectivity index is 2.09. The Kier molecular flexibility index (Phi) is 5.64. The van der Waals surface area contributed by atoms with E-state index < -0.39 is 5.97 Å². The molecule has 0 saturated heterocycles. The smallest absolute Gasteiger partial charge is 0.363 e. The molecule has 0 atom stereocenters. The molecule has 0 bridgehead atoms. The van der Waals surface area contributed by atoms with E-state index in [2.05, 4.69) is 69.1 Å². The van der Waals surface area contributed by atoms with Gasteiger partial charge in [0.1, 0.15) is 5.75 Å². The van der Waals surface area contributed by atoms with Crippen molar-refractivity contribution in [3.05, 3.63) is 67.9 Å². The first-order valence-electron chi connectivity index (χ1n) is 9.53. The normalized spacial score (nSPS) is 16.2. The van der Waals surface area contributed by atoms with Gasteiger partial charge in [0, 0.05) is 20.3 Å². The maximum Gasteiger partial charge on any atom is 0.363 e. The minimum atomic E-state index is -0.471. The number of esters is 1. The van der Waals surface area contributed by atoms with Crippen molar-refractivity contribution in [3.8, 4) is 5.75 Å². The number of hydrogen-bond acceptors (Lipinski definition) is 4. The molecule has 2 aromatic carbocycles. The summed E-state index contributed by atoms with van der Waals surface area (Å²) in [6.45, 7) is 12.3. The molecular weight excluding hydrogens is 477 g/mol. The van der Waals surface area contributed by atoms with Crippen molar-refractivity contribution in [1.82, 2.24) is 0 Å². The summed E-state index contributed by atoms with van der Waals surface area (Å²) in [5, 5.41) is 10.9. The zero-order valence-corrected chi connectivity index (χ0v) is 19.8. The number of rotatable bonds is 2. The maximum absolute atomic E-state index is 12.4. The molecule has 5 heteroatoms. The summed E-state index contributed by atoms with van der Waals surface area (Å²) in [5.74, 6) is 0.147. The second-order valence-corrected chi connectivity index (χ2v) is 10.6. The van der Waals surface area contributed by atoms with E-state index >= 15 is 0 Å². The molecule has 0 fully saturated rings. The lowest BCUT2D eigenvalue weighted by molar-refractivity contribution is -0.129. The summed E-state index contributed by atoms with van der Waals surface area (Å²) < 4.78 is 6.48. The van der Waals surface area contributed by atoms with Gasteiger partial charge < -0.3 is 9.84 Å². The van der Waals surface area contributed by atoms with Gasteiger partial charge in [-0.15, -0.1) is 0 Å². The first kappa shape index (κ1) is 21.6. The van der Waals surface area contributed by atoms with Crippen molar-refractivity contribution in [3.63, 3.8) is 0 Å². The zero-order valence-electron chi connectivity index (χ0n) is 17.6. The average Bonchev–Trinajstić information content (AvgIpc) is 2.95. The fraction of sp³-hybridized carbons (Fsp3) is 0.333. The number of aliphatic imine (C=N–C) groups is 1. The van der Waals surface area contributed by atoms with Crippen LogP contribution in [-0.4, -0.2) is 17.0 Å². The van der Waals surface area contributed by atoms with Gasteiger partial charge in [0.2, 0.25) is 5.90 Å². The molecule has 1 aliphatic rings. The molecule has 0 spiro atoms. The minimum Gasteiger partial charge on any atom is -0.507 e. The van der Waals surface area contributed by atoms with Gasteiger partial charge >= 0.3 is 5.97 Å². The molecule has 0 amide bonds. The Morgan fingerprint density at radius 3 is 1.97 bits per heavy atom. The minimum absolute atomic E-state index is 0.246. The van der Waals surface area contributed by atoms with E-state index in [0.29, 0.717) is 11.6 Å². The number of phenols is 1. The van der Waals surface area contributed by atoms with Gasteiger partial charge in [0.25, 0.3) is 0 Å². The van der Waals surface area contributed by atoms with Gasteiger partial charge in [-0.1, -0.05) is 41.5 Å². The van der Waals surface area contributed by atoms with Crippen LogP contribution in [0.15, 0.2) is 47.1 Å². The predicted molar refractivity (Wildman–Crippen MR) is 125 cm³/mol. The van der Waals surface area contributed by atoms with Crippen LogP contribution in [0.4, 0.5) is 0 Å². The number of carbonyl (C=O) groups excluding carboxylic acids is 1. The summed E-state index contributed by atoms with van der Waals surface area (Å²) in [6, 6.07) is 11.5. The lowest BCUT2D eigenvalue weighted by Crippen LogP contribution is -2.17. The highest BCUT2D eigenvalue weighted by molar-refractivity contribution is 14.1. The third-order valence-electron chi connectivity index (χ3n) is 4.76. The van der Waals surface area contributed by atoms with Crippen LogP contribution in [0.3, 0.4) is 0 Å². The highest BCUT2D eigenvalue weighted by Crippen LogP contribution is 2.40. The first-order chi connectivity index (χ1) is 13.4. The van der Waals surface area contributed by atoms with Crippen molar-refractivity contribution in [2.45, 2.75) is 52.4 Å². The predicted octanol–water partition coefficient (Wildman–Crippen LogP) is 5.94. The molecule has 1 heterocycles. The Morgan fingerprint density at radius 2 is 1.48 bits per heavy atom. The first-order valence-corrected chi connectivity index (χ1v) is 10.6. The molecular formula is C24H26INO3. The standard InChI is InChI=1S/C24H26INO3/c1-23(2,3)17-11-14(12-18(20(17)27)24(4,5)6)13-19-22(28)29-21(26-19)15-7-9-16(25)10-8-15/h7-13,27H,1-6H3/b19-13-. The van der Waals surface area contributed by atoms with E-state index in [4.69, 9.17) is 4.74 Å². The number of aromatic hydroxyl groups is 1. The molecule has 0 aliphatic carbocycles. The lowest BCUT2D eigenvalue weighted by Gasteiger charge is -2.27. The summed E-state index contributed by atoms with van der Waals surface area (Å²) in [4.78, 5) is 16.8. The fourth-order valence-corrected chi connectivity index (χ4v) is 3.53. The molecule has 1 N–H and O–H groups in total. The molecule has 152 valence electrons. The topological polar surface area (TPSA) is 58.9 Å². The average molecular weight is 503 g/mol. The van der Waals surface area contributed by atoms with Crippen molar-refractivity contribution in [2.75, 3.05) is 0 Å². The van der Waals surface area contributed by atoms with Gasteiger partial charge in [0.05, 0.1) is 0 Å². The summed E-state index contributed by atoms with van der Waals surface area (Å²) in [6.07, 6.45) is 1.73. The molecule has 0 saturated carbocycles. The number of nitrogens with zero attached hydrogens (tertiary/aromatic N) is 1. The molecule has 0 radical (unpaired) electrons. The lowest BCUT2D eigenvalue weighted by atomic mass is 9.78. The van der Waals surface area contributed by atoms with Crippen molar-refractivity contribution >= 4 is 40.5 Å². The van der Waals surface area contributed by atoms with E-state index in [1.807, 2.05) is 36.4 Å². The monoisotopic (exact) mass is 503 g/mol. The van der Waals surface area contributed by atoms with Crippen molar-refractivity contribution < 1.29 is 14.6 Å². The second-order valence-electron chi connectivity index (χ2n) is 9.31. The van der Waals surface area contributed by atoms with Crippen molar-refractivity contribution in [1.29, 1.82) is 0 Å². The Labute approximate surface area is 185 Å². The van der Waals surface area contributed by atoms with Gasteiger partial charge in [0.15, 0.2) is 5.70 Å². The number of phenolic OH excluding ortho intramolecular Hbond substituents is 1. The summed E-state index contributed by atoms with van der Waals surface area (Å²) >= 11 is 2.22. The van der Waals surface area contributed by atoms with Gasteiger partial charge in [-0.3, -0.25) is 0 Å². The van der Waals surface area contributed by atoms with Crippen LogP contribution in [-0.2, 0) is 20.4 Å². The summed E-state index contributed by atoms with van der Waals surface area (Å²) in [7, 11) is 0. The SMILES string of the molecule is CC(C)(C)c1cc(/C=C2\N=C(c3ccc(I)cc3)OC2=O)cc(C(C)(C)C)c1O. The zero-order chi connectivity index (χ0) is 21.6. The van der Waals surface area contributed by atoms with E-state index in [1.165, 1.54) is 0 Å². The van der Waals surface area contributed by atoms with Crippen molar-refractivity contribution in [2.24, 2.45) is 4.99 Å². The van der Waals surface area contributed by atoms with Crippen LogP contribution in [0.2, 0.25) is 0 Å². The van der Waals surface area contributed by atoms with E-state index in [9.17, 15) is 9.90 Å². The Morgan fingerprint density at radius 1 is 0.966 bits per heavy atom. The number of hydrogen-bond donors (Lipinski definition) is 1. The molecule has 29 heavy (non-hydrogen) atoms. The number of halogens is 1. The van der Waals surface area contributed by atoms with Crippen LogP contribution >= 0.6 is 22.6 Å². The largest absolute Gasteiger partial charge is 0.507 e. The van der Waals surface area contributed by atoms with Gasteiger partial charge in [-0.2, -0.15) is 0 Å². The van der Waals surface area contributed by atoms with E-state index in [1.54, 1.807) is 6.08 Å². The number of ether oxygens (including phenoxy) is 1. The highest BCUT2D eigenvalue weighted by atomic mass is 127. The van der Waals surface area contributed by atoms with Gasteiger partial charge in [-0.05, 0) is 81.5 Å². The number of cyclic esters (lactones) is 1. The van der Waals surface area contributed by atoms with Gasteiger partial charge in [-0.25, -0.2) is 9.79 Å². The molecule has 3 rings (SSSR count). The Hall–Kier alpha value is -2.15. The molecule has 1 aliphatic heterocycles. The van der Waals surface area contributed by atoms with Crippen LogP contribution in [0.25, 0.3) is 6.08 Å². The highest BCUT2D eigenvalue weighted by Gasteiger charge is 2.28. The molecule has 0 aromatic heterocycles. The number of benzene rings is 2. The third kappa shape index (κ3) is 4.71. The van der Waals surface area contributed by atoms with E-state index in [-0.39, 0.29) is 16.5 Å². The molecule has 4 nitrogen and oxygen atoms in total. The van der Waals surface area contributed by atoms with Crippen LogP contribution in [0.1, 0.15) is 63.8 Å². The quantitative estimate of drug-likeness (QED) is 0.314. The van der Waals surface area contributed by atoms with Crippen LogP contribution < -0.4 is 0 Å². The van der Waals surface area contributed by atoms with Crippen LogP contribution in [0, 0.1) is 3.57 Å².